The molecule has 1 rings (SSSR count). The topological polar surface area (TPSA) is 40.2 Å². The molecular weight excluding hydrogens is 101 g/mol. The van der Waals surface area contributed by atoms with Crippen LogP contribution < -0.4 is 0 Å². The van der Waals surface area contributed by atoms with Crippen LogP contribution in [0.5, 0.6) is 0 Å². The van der Waals surface area contributed by atoms with E-state index in [-0.39, 0.29) is 7.69 Å². The van der Waals surface area contributed by atoms with E-state index in [2.05, 4.69) is 19.6 Å². The first kappa shape index (κ1) is 5.01. The predicted octanol–water partition coefficient (Wildman–Crippen LogP) is -1.08. The highest BCUT2D eigenvalue weighted by Crippen LogP contribution is 1.93. The summed E-state index contributed by atoms with van der Waals surface area (Å²) in [5.74, 6) is 0. The van der Waals surface area contributed by atoms with Crippen molar-refractivity contribution >= 4 is 7.69 Å². The largest absolute Gasteiger partial charge is 0.497 e. The van der Waals surface area contributed by atoms with Crippen LogP contribution in [0.1, 0.15) is 0 Å². The second-order valence-electron chi connectivity index (χ2n) is 0.947. The van der Waals surface area contributed by atoms with Crippen LogP contribution in [0.2, 0.25) is 0 Å². The van der Waals surface area contributed by atoms with Gasteiger partial charge in [-0.15, -0.1) is 0 Å². The van der Waals surface area contributed by atoms with Gasteiger partial charge in [-0.25, -0.2) is 4.81 Å². The Bertz CT molecular complexity index is 53.7. The summed E-state index contributed by atoms with van der Waals surface area (Å²) in [6.45, 7) is 0. The number of nitrogens with zero attached hydrogens (tertiary/aromatic N) is 1. The molecule has 1 aliphatic heterocycles. The molecule has 7 heavy (non-hydrogen) atoms. The van der Waals surface area contributed by atoms with Crippen LogP contribution in [0.25, 0.3) is 0 Å². The third kappa shape index (κ3) is 1.42. The standard InChI is InChI=1S/CH4BNO4/c1-3-4-2-5-7-6-3/h2H,1H3. The van der Waals surface area contributed by atoms with Crippen LogP contribution >= 0.6 is 0 Å². The van der Waals surface area contributed by atoms with E-state index in [0.717, 1.165) is 5.23 Å². The van der Waals surface area contributed by atoms with Crippen LogP contribution in [0.3, 0.4) is 0 Å². The molecule has 0 saturated carbocycles. The molecule has 0 aromatic heterocycles. The summed E-state index contributed by atoms with van der Waals surface area (Å²) in [7, 11) is 1.61. The number of rotatable bonds is 0. The maximum absolute atomic E-state index is 4.54. The molecule has 1 heterocycles. The summed E-state index contributed by atoms with van der Waals surface area (Å²) in [5.41, 5.74) is 0. The van der Waals surface area contributed by atoms with Gasteiger partial charge in [0.25, 0.3) is 0 Å². The first-order valence-electron chi connectivity index (χ1n) is 1.72. The minimum atomic E-state index is 0.0660. The monoisotopic (exact) mass is 105 g/mol. The molecule has 5 nitrogen and oxygen atoms in total. The second-order valence-corrected chi connectivity index (χ2v) is 0.947. The van der Waals surface area contributed by atoms with Gasteiger partial charge in [0, 0.05) is 7.05 Å². The van der Waals surface area contributed by atoms with E-state index < -0.39 is 0 Å². The zero-order chi connectivity index (χ0) is 5.11. The van der Waals surface area contributed by atoms with Crippen LogP contribution in [-0.4, -0.2) is 20.0 Å². The molecule has 6 heteroatoms. The Morgan fingerprint density at radius 2 is 2.43 bits per heavy atom. The summed E-state index contributed by atoms with van der Waals surface area (Å²) < 4.78 is 4.54. The average molecular weight is 105 g/mol. The molecule has 1 fully saturated rings. The van der Waals surface area contributed by atoms with Gasteiger partial charge in [0.05, 0.1) is 0 Å². The van der Waals surface area contributed by atoms with E-state index in [1.54, 1.807) is 7.05 Å². The lowest BCUT2D eigenvalue weighted by Crippen LogP contribution is -2.29. The molecular formula is CH4BNO4. The Labute approximate surface area is 40.8 Å². The molecule has 0 amide bonds. The maximum atomic E-state index is 4.54. The molecule has 40 valence electrons. The summed E-state index contributed by atoms with van der Waals surface area (Å²) >= 11 is 0. The first-order valence-corrected chi connectivity index (χ1v) is 1.72. The van der Waals surface area contributed by atoms with Crippen molar-refractivity contribution in [3.05, 3.63) is 0 Å². The van der Waals surface area contributed by atoms with Crippen molar-refractivity contribution in [1.82, 2.24) is 5.23 Å². The van der Waals surface area contributed by atoms with E-state index in [0.29, 0.717) is 0 Å². The SMILES string of the molecule is CN1OBOOO1. The van der Waals surface area contributed by atoms with Crippen LogP contribution in [0.4, 0.5) is 0 Å². The molecule has 0 bridgehead atoms. The molecule has 0 aromatic rings. The summed E-state index contributed by atoms with van der Waals surface area (Å²) in [6, 6.07) is 0. The van der Waals surface area contributed by atoms with Gasteiger partial charge in [0.2, 0.25) is 0 Å². The lowest BCUT2D eigenvalue weighted by molar-refractivity contribution is -0.618. The lowest BCUT2D eigenvalue weighted by Gasteiger charge is -2.16. The normalized spacial score (nSPS) is 24.1. The van der Waals surface area contributed by atoms with E-state index in [1.165, 1.54) is 0 Å². The zero-order valence-electron chi connectivity index (χ0n) is 3.79. The summed E-state index contributed by atoms with van der Waals surface area (Å²) in [6.07, 6.45) is 0. The summed E-state index contributed by atoms with van der Waals surface area (Å²) in [4.78, 5) is 8.32. The maximum Gasteiger partial charge on any atom is 0.497 e. The minimum Gasteiger partial charge on any atom is -0.300 e. The van der Waals surface area contributed by atoms with E-state index in [4.69, 9.17) is 0 Å². The van der Waals surface area contributed by atoms with Gasteiger partial charge in [-0.2, -0.15) is 0 Å². The highest BCUT2D eigenvalue weighted by atomic mass is 17.6. The van der Waals surface area contributed by atoms with Crippen molar-refractivity contribution in [3.63, 3.8) is 0 Å². The van der Waals surface area contributed by atoms with Gasteiger partial charge >= 0.3 is 7.69 Å². The second kappa shape index (κ2) is 2.24. The van der Waals surface area contributed by atoms with Gasteiger partial charge in [0.15, 0.2) is 0 Å². The summed E-state index contributed by atoms with van der Waals surface area (Å²) in [5, 5.41) is 5.03. The molecule has 0 spiro atoms. The Balaban J connectivity index is 2.12. The van der Waals surface area contributed by atoms with E-state index in [1.807, 2.05) is 0 Å². The average Bonchev–Trinajstić information content (AvgIpc) is 1.69. The molecule has 0 N–H and O–H groups in total. The third-order valence-electron chi connectivity index (χ3n) is 0.466. The van der Waals surface area contributed by atoms with Crippen LogP contribution in [0.15, 0.2) is 0 Å². The molecule has 0 unspecified atom stereocenters. The smallest absolute Gasteiger partial charge is 0.300 e. The van der Waals surface area contributed by atoms with Gasteiger partial charge in [-0.3, -0.25) is 0 Å². The van der Waals surface area contributed by atoms with E-state index in [9.17, 15) is 0 Å². The van der Waals surface area contributed by atoms with Crippen molar-refractivity contribution in [3.8, 4) is 0 Å². The molecule has 0 atom stereocenters. The Kier molecular flexibility index (Phi) is 1.61. The molecule has 0 aliphatic carbocycles. The van der Waals surface area contributed by atoms with Crippen molar-refractivity contribution in [2.24, 2.45) is 0 Å². The minimum absolute atomic E-state index is 0.0660. The van der Waals surface area contributed by atoms with Gasteiger partial charge in [-0.1, -0.05) is 10.0 Å². The fraction of sp³-hybridized carbons (Fsp3) is 1.00. The van der Waals surface area contributed by atoms with Gasteiger partial charge in [-0.05, 0) is 5.23 Å². The third-order valence-corrected chi connectivity index (χ3v) is 0.466. The fourth-order valence-corrected chi connectivity index (χ4v) is 0.201. The van der Waals surface area contributed by atoms with Crippen LogP contribution in [0, 0.1) is 0 Å². The fourth-order valence-electron chi connectivity index (χ4n) is 0.201. The Morgan fingerprint density at radius 1 is 1.57 bits per heavy atom. The molecule has 1 aliphatic rings. The van der Waals surface area contributed by atoms with E-state index >= 15 is 0 Å². The number of hydroxylamine groups is 2. The predicted molar refractivity (Wildman–Crippen MR) is 19.3 cm³/mol. The van der Waals surface area contributed by atoms with Gasteiger partial charge in [0.1, 0.15) is 0 Å². The van der Waals surface area contributed by atoms with Crippen LogP contribution in [-0.2, 0) is 19.6 Å². The van der Waals surface area contributed by atoms with Gasteiger partial charge < -0.3 is 4.76 Å². The van der Waals surface area contributed by atoms with Crippen molar-refractivity contribution in [1.29, 1.82) is 0 Å². The molecule has 0 radical (unpaired) electrons. The number of hydrogen-bond donors (Lipinski definition) is 0. The quantitative estimate of drug-likeness (QED) is 0.289. The first-order chi connectivity index (χ1) is 3.39. The Hall–Kier alpha value is -0.135. The zero-order valence-corrected chi connectivity index (χ0v) is 3.79. The van der Waals surface area contributed by atoms with Crippen molar-refractivity contribution in [2.75, 3.05) is 7.05 Å². The molecule has 0 aromatic carbocycles. The van der Waals surface area contributed by atoms with Crippen molar-refractivity contribution in [2.45, 2.75) is 0 Å². The number of hydrogen-bond acceptors (Lipinski definition) is 5. The van der Waals surface area contributed by atoms with Crippen molar-refractivity contribution < 1.29 is 19.6 Å². The highest BCUT2D eigenvalue weighted by molar-refractivity contribution is 6.17. The lowest BCUT2D eigenvalue weighted by atomic mass is 10.4. The Morgan fingerprint density at radius 3 is 2.71 bits per heavy atom. The highest BCUT2D eigenvalue weighted by Gasteiger charge is 2.08. The molecule has 1 saturated heterocycles.